The van der Waals surface area contributed by atoms with Gasteiger partial charge in [0.25, 0.3) is 5.91 Å². The van der Waals surface area contributed by atoms with Crippen molar-refractivity contribution < 1.29 is 9.53 Å². The molecule has 1 aliphatic heterocycles. The van der Waals surface area contributed by atoms with Gasteiger partial charge in [0.1, 0.15) is 11.8 Å². The van der Waals surface area contributed by atoms with Gasteiger partial charge in [-0.25, -0.2) is 0 Å². The van der Waals surface area contributed by atoms with Crippen LogP contribution in [0.15, 0.2) is 29.0 Å². The van der Waals surface area contributed by atoms with E-state index >= 15 is 0 Å². The van der Waals surface area contributed by atoms with Crippen LogP contribution in [0.4, 0.5) is 0 Å². The van der Waals surface area contributed by atoms with Gasteiger partial charge in [0.2, 0.25) is 0 Å². The largest absolute Gasteiger partial charge is 0.370 e. The fourth-order valence-electron chi connectivity index (χ4n) is 2.44. The molecule has 0 aromatic carbocycles. The molecule has 0 unspecified atom stereocenters. The van der Waals surface area contributed by atoms with E-state index < -0.39 is 0 Å². The van der Waals surface area contributed by atoms with Gasteiger partial charge in [-0.1, -0.05) is 0 Å². The Bertz CT molecular complexity index is 621. The van der Waals surface area contributed by atoms with E-state index in [2.05, 4.69) is 31.3 Å². The number of aromatic amines is 1. The molecular formula is C13H15BrN4O2. The van der Waals surface area contributed by atoms with Crippen molar-refractivity contribution in [3.63, 3.8) is 0 Å². The Labute approximate surface area is 124 Å². The highest BCUT2D eigenvalue weighted by Crippen LogP contribution is 2.28. The highest BCUT2D eigenvalue weighted by molar-refractivity contribution is 9.10. The second kappa shape index (κ2) is 5.41. The van der Waals surface area contributed by atoms with Gasteiger partial charge in [-0.05, 0) is 34.5 Å². The van der Waals surface area contributed by atoms with Gasteiger partial charge < -0.3 is 15.0 Å². The summed E-state index contributed by atoms with van der Waals surface area (Å²) in [5.74, 6) is -0.127. The zero-order chi connectivity index (χ0) is 14.1. The summed E-state index contributed by atoms with van der Waals surface area (Å²) in [6, 6.07) is 3.63. The van der Waals surface area contributed by atoms with Crippen LogP contribution in [-0.2, 0) is 11.8 Å². The van der Waals surface area contributed by atoms with Gasteiger partial charge in [-0.15, -0.1) is 0 Å². The first-order valence-electron chi connectivity index (χ1n) is 6.39. The minimum Gasteiger partial charge on any atom is -0.370 e. The number of H-pyrrole nitrogens is 1. The number of halogens is 1. The molecule has 1 fully saturated rings. The molecule has 6 nitrogen and oxygen atoms in total. The lowest BCUT2D eigenvalue weighted by Crippen LogP contribution is -2.37. The summed E-state index contributed by atoms with van der Waals surface area (Å²) < 4.78 is 8.37. The third-order valence-corrected chi connectivity index (χ3v) is 3.91. The monoisotopic (exact) mass is 338 g/mol. The van der Waals surface area contributed by atoms with Gasteiger partial charge in [0.15, 0.2) is 0 Å². The number of hydrogen-bond donors (Lipinski definition) is 2. The fraction of sp³-hybridized carbons (Fsp3) is 0.385. The molecule has 1 aliphatic rings. The normalized spacial score (nSPS) is 22.1. The van der Waals surface area contributed by atoms with Gasteiger partial charge >= 0.3 is 0 Å². The Morgan fingerprint density at radius 2 is 2.50 bits per heavy atom. The molecule has 0 aliphatic carbocycles. The van der Waals surface area contributed by atoms with E-state index in [1.165, 1.54) is 0 Å². The van der Waals surface area contributed by atoms with Crippen LogP contribution in [0.1, 0.15) is 28.7 Å². The lowest BCUT2D eigenvalue weighted by atomic mass is 10.1. The summed E-state index contributed by atoms with van der Waals surface area (Å²) >= 11 is 3.32. The van der Waals surface area contributed by atoms with E-state index in [9.17, 15) is 4.79 Å². The van der Waals surface area contributed by atoms with Crippen LogP contribution < -0.4 is 5.32 Å². The number of aromatic nitrogens is 3. The number of aryl methyl sites for hydroxylation is 1. The minimum absolute atomic E-state index is 0.0417. The Morgan fingerprint density at radius 3 is 3.15 bits per heavy atom. The molecule has 3 heterocycles. The summed E-state index contributed by atoms with van der Waals surface area (Å²) in [7, 11) is 1.87. The lowest BCUT2D eigenvalue weighted by molar-refractivity contribution is 0.0790. The first kappa shape index (κ1) is 13.4. The number of amides is 1. The van der Waals surface area contributed by atoms with Crippen LogP contribution in [0.2, 0.25) is 0 Å². The Kier molecular flexibility index (Phi) is 3.62. The fourth-order valence-corrected chi connectivity index (χ4v) is 2.78. The highest BCUT2D eigenvalue weighted by Gasteiger charge is 2.33. The van der Waals surface area contributed by atoms with Crippen molar-refractivity contribution >= 4 is 21.8 Å². The summed E-state index contributed by atoms with van der Waals surface area (Å²) in [6.45, 7) is 0.634. The van der Waals surface area contributed by atoms with E-state index in [0.717, 1.165) is 16.6 Å². The number of nitrogens with zero attached hydrogens (tertiary/aromatic N) is 2. The van der Waals surface area contributed by atoms with Crippen molar-refractivity contribution in [1.82, 2.24) is 20.1 Å². The maximum Gasteiger partial charge on any atom is 0.268 e. The molecule has 2 atom stereocenters. The van der Waals surface area contributed by atoms with Crippen molar-refractivity contribution in [2.45, 2.75) is 18.6 Å². The number of hydrogen-bond acceptors (Lipinski definition) is 3. The molecular weight excluding hydrogens is 324 g/mol. The standard InChI is InChI=1S/C13H15BrN4O2/c1-18-11(2-4-16-18)12-9(3-5-20-12)17-13(19)10-6-8(14)7-15-10/h2,4,6-7,9,12,15H,3,5H2,1H3,(H,17,19)/t9-,12-/m0/s1. The van der Waals surface area contributed by atoms with E-state index in [-0.39, 0.29) is 18.1 Å². The molecule has 2 aromatic rings. The predicted molar refractivity (Wildman–Crippen MR) is 76.3 cm³/mol. The molecule has 0 spiro atoms. The predicted octanol–water partition coefficient (Wildman–Crippen LogP) is 1.77. The second-order valence-corrected chi connectivity index (χ2v) is 5.69. The highest BCUT2D eigenvalue weighted by atomic mass is 79.9. The molecule has 20 heavy (non-hydrogen) atoms. The Balaban J connectivity index is 1.73. The second-order valence-electron chi connectivity index (χ2n) is 4.77. The smallest absolute Gasteiger partial charge is 0.268 e. The SMILES string of the molecule is Cn1nccc1[C@H]1OCC[C@@H]1NC(=O)c1cc(Br)c[nH]1. The van der Waals surface area contributed by atoms with Crippen LogP contribution in [0.5, 0.6) is 0 Å². The number of ether oxygens (including phenoxy) is 1. The quantitative estimate of drug-likeness (QED) is 0.895. The van der Waals surface area contributed by atoms with E-state index in [1.54, 1.807) is 23.1 Å². The van der Waals surface area contributed by atoms with E-state index in [1.807, 2.05) is 13.1 Å². The van der Waals surface area contributed by atoms with Crippen LogP contribution in [0.25, 0.3) is 0 Å². The average Bonchev–Trinajstić information content (AvgIpc) is 3.10. The zero-order valence-electron chi connectivity index (χ0n) is 11.0. The van der Waals surface area contributed by atoms with E-state index in [0.29, 0.717) is 12.3 Å². The number of carbonyl (C=O) groups excluding carboxylic acids is 1. The van der Waals surface area contributed by atoms with Gasteiger partial charge in [-0.3, -0.25) is 9.48 Å². The van der Waals surface area contributed by atoms with E-state index in [4.69, 9.17) is 4.74 Å². The summed E-state index contributed by atoms with van der Waals surface area (Å²) in [5.41, 5.74) is 1.51. The van der Waals surface area contributed by atoms with Crippen molar-refractivity contribution in [3.8, 4) is 0 Å². The van der Waals surface area contributed by atoms with Crippen LogP contribution in [-0.4, -0.2) is 33.3 Å². The lowest BCUT2D eigenvalue weighted by Gasteiger charge is -2.19. The van der Waals surface area contributed by atoms with Crippen molar-refractivity contribution in [2.24, 2.45) is 7.05 Å². The number of nitrogens with one attached hydrogen (secondary N) is 2. The van der Waals surface area contributed by atoms with Crippen molar-refractivity contribution in [1.29, 1.82) is 0 Å². The first-order chi connectivity index (χ1) is 9.65. The third kappa shape index (κ3) is 2.51. The van der Waals surface area contributed by atoms with Gasteiger partial charge in [0.05, 0.1) is 11.7 Å². The molecule has 106 valence electrons. The Hall–Kier alpha value is -1.60. The van der Waals surface area contributed by atoms with Gasteiger partial charge in [0, 0.05) is 30.5 Å². The summed E-state index contributed by atoms with van der Waals surface area (Å²) in [4.78, 5) is 15.1. The molecule has 2 N–H and O–H groups in total. The van der Waals surface area contributed by atoms with Crippen molar-refractivity contribution in [2.75, 3.05) is 6.61 Å². The molecule has 0 bridgehead atoms. The molecule has 3 rings (SSSR count). The minimum atomic E-state index is -0.148. The third-order valence-electron chi connectivity index (χ3n) is 3.45. The van der Waals surface area contributed by atoms with Crippen LogP contribution in [0, 0.1) is 0 Å². The molecule has 7 heteroatoms. The molecule has 2 aromatic heterocycles. The first-order valence-corrected chi connectivity index (χ1v) is 7.19. The van der Waals surface area contributed by atoms with Gasteiger partial charge in [-0.2, -0.15) is 5.10 Å². The summed E-state index contributed by atoms with van der Waals surface area (Å²) in [5, 5.41) is 7.16. The number of carbonyl (C=O) groups is 1. The molecule has 1 amide bonds. The maximum atomic E-state index is 12.2. The van der Waals surface area contributed by atoms with Crippen LogP contribution >= 0.6 is 15.9 Å². The summed E-state index contributed by atoms with van der Waals surface area (Å²) in [6.07, 6.45) is 4.12. The maximum absolute atomic E-state index is 12.2. The molecule has 0 radical (unpaired) electrons. The topological polar surface area (TPSA) is 71.9 Å². The molecule has 0 saturated carbocycles. The van der Waals surface area contributed by atoms with Crippen molar-refractivity contribution in [3.05, 3.63) is 40.4 Å². The molecule has 1 saturated heterocycles. The number of rotatable bonds is 3. The zero-order valence-corrected chi connectivity index (χ0v) is 12.6. The van der Waals surface area contributed by atoms with Crippen LogP contribution in [0.3, 0.4) is 0 Å². The average molecular weight is 339 g/mol. The Morgan fingerprint density at radius 1 is 1.65 bits per heavy atom.